The summed E-state index contributed by atoms with van der Waals surface area (Å²) in [6, 6.07) is 11.4. The quantitative estimate of drug-likeness (QED) is 0.618. The lowest BCUT2D eigenvalue weighted by Crippen LogP contribution is -2.19. The molecular weight excluding hydrogens is 390 g/mol. The van der Waals surface area contributed by atoms with Crippen molar-refractivity contribution in [3.05, 3.63) is 48.0 Å². The van der Waals surface area contributed by atoms with Gasteiger partial charge in [0.25, 0.3) is 10.0 Å². The second-order valence-corrected chi connectivity index (χ2v) is 7.37. The van der Waals surface area contributed by atoms with Gasteiger partial charge in [-0.05, 0) is 55.9 Å². The molecule has 0 unspecified atom stereocenters. The average molecular weight is 414 g/mol. The number of benzene rings is 2. The van der Waals surface area contributed by atoms with Gasteiger partial charge in [-0.15, -0.1) is 12.4 Å². The van der Waals surface area contributed by atoms with E-state index in [4.69, 9.17) is 4.74 Å². The van der Waals surface area contributed by atoms with Crippen LogP contribution in [-0.2, 0) is 14.8 Å². The number of aryl methyl sites for hydroxylation is 1. The number of ether oxygens (including phenoxy) is 1. The number of carbonyl (C=O) groups is 1. The van der Waals surface area contributed by atoms with Gasteiger partial charge in [0.2, 0.25) is 5.91 Å². The molecule has 0 saturated carbocycles. The molecule has 2 aromatic rings. The van der Waals surface area contributed by atoms with Gasteiger partial charge in [-0.3, -0.25) is 9.52 Å². The molecule has 148 valence electrons. The summed E-state index contributed by atoms with van der Waals surface area (Å²) in [4.78, 5) is 12.0. The molecule has 7 nitrogen and oxygen atoms in total. The molecule has 0 heterocycles. The Morgan fingerprint density at radius 1 is 1.07 bits per heavy atom. The van der Waals surface area contributed by atoms with Crippen molar-refractivity contribution in [3.8, 4) is 5.75 Å². The molecule has 3 N–H and O–H groups in total. The van der Waals surface area contributed by atoms with Gasteiger partial charge in [0.15, 0.2) is 0 Å². The molecule has 0 radical (unpaired) electrons. The maximum Gasteiger partial charge on any atom is 0.262 e. The Bertz CT molecular complexity index is 871. The SMILES string of the molecule is CNCCC(=O)Nc1ccc(C)c(S(=O)(=O)Nc2ccc(OC)cc2)c1.Cl. The van der Waals surface area contributed by atoms with Crippen molar-refractivity contribution in [1.82, 2.24) is 5.32 Å². The maximum atomic E-state index is 12.7. The third kappa shape index (κ3) is 6.42. The highest BCUT2D eigenvalue weighted by molar-refractivity contribution is 7.92. The first-order chi connectivity index (χ1) is 12.4. The molecule has 0 spiro atoms. The van der Waals surface area contributed by atoms with Crippen molar-refractivity contribution >= 4 is 39.7 Å². The summed E-state index contributed by atoms with van der Waals surface area (Å²) in [5.74, 6) is 0.449. The predicted octanol–water partition coefficient (Wildman–Crippen LogP) is 2.77. The second-order valence-electron chi connectivity index (χ2n) is 5.72. The van der Waals surface area contributed by atoms with Gasteiger partial charge in [-0.25, -0.2) is 8.42 Å². The second kappa shape index (κ2) is 10.1. The number of nitrogens with one attached hydrogen (secondary N) is 3. The van der Waals surface area contributed by atoms with E-state index in [1.54, 1.807) is 57.5 Å². The smallest absolute Gasteiger partial charge is 0.262 e. The summed E-state index contributed by atoms with van der Waals surface area (Å²) in [6.07, 6.45) is 0.302. The van der Waals surface area contributed by atoms with Crippen LogP contribution < -0.4 is 20.1 Å². The number of halogens is 1. The first kappa shape index (κ1) is 22.8. The monoisotopic (exact) mass is 413 g/mol. The van der Waals surface area contributed by atoms with Gasteiger partial charge in [0.05, 0.1) is 12.0 Å². The number of hydrogen-bond donors (Lipinski definition) is 3. The molecule has 0 fully saturated rings. The van der Waals surface area contributed by atoms with E-state index in [0.29, 0.717) is 35.7 Å². The van der Waals surface area contributed by atoms with Gasteiger partial charge >= 0.3 is 0 Å². The van der Waals surface area contributed by atoms with Crippen LogP contribution in [0, 0.1) is 6.92 Å². The van der Waals surface area contributed by atoms with Crippen molar-refractivity contribution < 1.29 is 17.9 Å². The molecule has 0 aliphatic carbocycles. The number of rotatable bonds is 8. The van der Waals surface area contributed by atoms with Crippen molar-refractivity contribution in [2.24, 2.45) is 0 Å². The molecule has 0 bridgehead atoms. The van der Waals surface area contributed by atoms with Gasteiger partial charge in [0, 0.05) is 24.3 Å². The highest BCUT2D eigenvalue weighted by atomic mass is 35.5. The van der Waals surface area contributed by atoms with E-state index in [1.807, 2.05) is 0 Å². The molecule has 27 heavy (non-hydrogen) atoms. The van der Waals surface area contributed by atoms with Gasteiger partial charge < -0.3 is 15.4 Å². The minimum absolute atomic E-state index is 0. The highest BCUT2D eigenvalue weighted by Crippen LogP contribution is 2.24. The van der Waals surface area contributed by atoms with Gasteiger partial charge in [-0.2, -0.15) is 0 Å². The first-order valence-electron chi connectivity index (χ1n) is 8.07. The Morgan fingerprint density at radius 3 is 2.30 bits per heavy atom. The summed E-state index contributed by atoms with van der Waals surface area (Å²) < 4.78 is 33.0. The summed E-state index contributed by atoms with van der Waals surface area (Å²) in [5, 5.41) is 5.60. The molecule has 0 saturated heterocycles. The van der Waals surface area contributed by atoms with Crippen molar-refractivity contribution in [1.29, 1.82) is 0 Å². The van der Waals surface area contributed by atoms with E-state index in [-0.39, 0.29) is 23.2 Å². The van der Waals surface area contributed by atoms with E-state index in [1.165, 1.54) is 6.07 Å². The predicted molar refractivity (Wildman–Crippen MR) is 109 cm³/mol. The molecule has 0 atom stereocenters. The average Bonchev–Trinajstić information content (AvgIpc) is 2.61. The van der Waals surface area contributed by atoms with Crippen LogP contribution in [0.5, 0.6) is 5.75 Å². The molecule has 0 aliphatic heterocycles. The third-order valence-electron chi connectivity index (χ3n) is 3.71. The van der Waals surface area contributed by atoms with Crippen LogP contribution in [0.4, 0.5) is 11.4 Å². The van der Waals surface area contributed by atoms with Crippen LogP contribution in [0.25, 0.3) is 0 Å². The molecular formula is C18H24ClN3O4S. The number of hydrogen-bond acceptors (Lipinski definition) is 5. The van der Waals surface area contributed by atoms with E-state index in [0.717, 1.165) is 0 Å². The Hall–Kier alpha value is -2.29. The van der Waals surface area contributed by atoms with Crippen LogP contribution in [0.3, 0.4) is 0 Å². The van der Waals surface area contributed by atoms with Gasteiger partial charge in [0.1, 0.15) is 5.75 Å². The Labute approximate surface area is 166 Å². The molecule has 0 aromatic heterocycles. The molecule has 0 aliphatic rings. The molecule has 1 amide bonds. The van der Waals surface area contributed by atoms with E-state index in [2.05, 4.69) is 15.4 Å². The van der Waals surface area contributed by atoms with E-state index < -0.39 is 10.0 Å². The standard InChI is InChI=1S/C18H23N3O4S.ClH/c1-13-4-5-15(20-18(22)10-11-19-2)12-17(13)26(23,24)21-14-6-8-16(25-3)9-7-14;/h4-9,12,19,21H,10-11H2,1-3H3,(H,20,22);1H. The minimum atomic E-state index is -3.79. The maximum absolute atomic E-state index is 12.7. The zero-order valence-corrected chi connectivity index (χ0v) is 17.0. The van der Waals surface area contributed by atoms with Crippen LogP contribution in [0.2, 0.25) is 0 Å². The summed E-state index contributed by atoms with van der Waals surface area (Å²) in [5.41, 5.74) is 1.44. The number of anilines is 2. The van der Waals surface area contributed by atoms with Crippen LogP contribution in [-0.4, -0.2) is 35.0 Å². The van der Waals surface area contributed by atoms with Crippen molar-refractivity contribution in [3.63, 3.8) is 0 Å². The van der Waals surface area contributed by atoms with Crippen LogP contribution in [0.1, 0.15) is 12.0 Å². The normalized spacial score (nSPS) is 10.6. The number of sulfonamides is 1. The van der Waals surface area contributed by atoms with Gasteiger partial charge in [-0.1, -0.05) is 6.07 Å². The van der Waals surface area contributed by atoms with E-state index in [9.17, 15) is 13.2 Å². The fourth-order valence-corrected chi connectivity index (χ4v) is 3.63. The number of carbonyl (C=O) groups excluding carboxylic acids is 1. The van der Waals surface area contributed by atoms with Crippen LogP contribution >= 0.6 is 12.4 Å². The summed E-state index contributed by atoms with van der Waals surface area (Å²) in [7, 11) is -0.494. The molecule has 2 aromatic carbocycles. The number of methoxy groups -OCH3 is 1. The summed E-state index contributed by atoms with van der Waals surface area (Å²) in [6.45, 7) is 2.25. The minimum Gasteiger partial charge on any atom is -0.497 e. The van der Waals surface area contributed by atoms with Crippen molar-refractivity contribution in [2.75, 3.05) is 30.7 Å². The molecule has 9 heteroatoms. The first-order valence-corrected chi connectivity index (χ1v) is 9.56. The van der Waals surface area contributed by atoms with Crippen LogP contribution in [0.15, 0.2) is 47.4 Å². The Balaban J connectivity index is 0.00000364. The lowest BCUT2D eigenvalue weighted by atomic mass is 10.2. The largest absolute Gasteiger partial charge is 0.497 e. The Morgan fingerprint density at radius 2 is 1.70 bits per heavy atom. The summed E-state index contributed by atoms with van der Waals surface area (Å²) >= 11 is 0. The van der Waals surface area contributed by atoms with E-state index >= 15 is 0 Å². The zero-order valence-electron chi connectivity index (χ0n) is 15.4. The fourth-order valence-electron chi connectivity index (χ4n) is 2.30. The third-order valence-corrected chi connectivity index (χ3v) is 5.23. The molecule has 2 rings (SSSR count). The topological polar surface area (TPSA) is 96.5 Å². The fraction of sp³-hybridized carbons (Fsp3) is 0.278. The van der Waals surface area contributed by atoms with Crippen molar-refractivity contribution in [2.45, 2.75) is 18.2 Å². The Kier molecular flexibility index (Phi) is 8.55. The highest BCUT2D eigenvalue weighted by Gasteiger charge is 2.18. The number of amides is 1. The lowest BCUT2D eigenvalue weighted by Gasteiger charge is -2.13. The lowest BCUT2D eigenvalue weighted by molar-refractivity contribution is -0.116. The zero-order chi connectivity index (χ0) is 19.2.